The summed E-state index contributed by atoms with van der Waals surface area (Å²) in [5, 5.41) is 8.28. The highest BCUT2D eigenvalue weighted by Gasteiger charge is 2.38. The number of hydrogen-bond donors (Lipinski definition) is 0. The van der Waals surface area contributed by atoms with Gasteiger partial charge in [0.1, 0.15) is 5.76 Å². The second kappa shape index (κ2) is 6.68. The molecule has 136 valence electrons. The summed E-state index contributed by atoms with van der Waals surface area (Å²) < 4.78 is 11.0. The quantitative estimate of drug-likeness (QED) is 0.709. The van der Waals surface area contributed by atoms with Crippen molar-refractivity contribution in [3.05, 3.63) is 53.2 Å². The fourth-order valence-electron chi connectivity index (χ4n) is 3.78. The molecule has 4 rings (SSSR count). The molecule has 3 heterocycles. The average Bonchev–Trinajstić information content (AvgIpc) is 3.26. The first-order valence-corrected chi connectivity index (χ1v) is 9.09. The summed E-state index contributed by atoms with van der Waals surface area (Å²) in [7, 11) is 0. The molecule has 0 spiro atoms. The Morgan fingerprint density at radius 1 is 1.12 bits per heavy atom. The van der Waals surface area contributed by atoms with E-state index >= 15 is 0 Å². The van der Waals surface area contributed by atoms with Gasteiger partial charge in [0.15, 0.2) is 0 Å². The molecule has 1 fully saturated rings. The summed E-state index contributed by atoms with van der Waals surface area (Å²) in [5.74, 6) is 2.28. The highest BCUT2D eigenvalue weighted by molar-refractivity contribution is 5.53. The van der Waals surface area contributed by atoms with E-state index in [9.17, 15) is 0 Å². The standard InChI is InChI=1S/C20H24N4O2/c1-14-17(15(2)25-22-14)12-24-11-7-10-20(3,13-24)19-21-18(23-26-19)16-8-5-4-6-9-16/h4-6,8-9H,7,10-13H2,1-3H3. The average molecular weight is 352 g/mol. The maximum Gasteiger partial charge on any atom is 0.234 e. The van der Waals surface area contributed by atoms with Crippen molar-refractivity contribution >= 4 is 0 Å². The lowest BCUT2D eigenvalue weighted by molar-refractivity contribution is 0.123. The van der Waals surface area contributed by atoms with Gasteiger partial charge in [0, 0.05) is 24.2 Å². The Morgan fingerprint density at radius 3 is 2.65 bits per heavy atom. The lowest BCUT2D eigenvalue weighted by atomic mass is 9.81. The van der Waals surface area contributed by atoms with Crippen molar-refractivity contribution in [2.75, 3.05) is 13.1 Å². The topological polar surface area (TPSA) is 68.2 Å². The van der Waals surface area contributed by atoms with Gasteiger partial charge >= 0.3 is 0 Å². The summed E-state index contributed by atoms with van der Waals surface area (Å²) in [6.07, 6.45) is 2.14. The molecule has 0 bridgehead atoms. The number of likely N-dealkylation sites (tertiary alicyclic amines) is 1. The van der Waals surface area contributed by atoms with Crippen molar-refractivity contribution in [3.63, 3.8) is 0 Å². The largest absolute Gasteiger partial charge is 0.361 e. The van der Waals surface area contributed by atoms with Crippen LogP contribution in [0.4, 0.5) is 0 Å². The van der Waals surface area contributed by atoms with Gasteiger partial charge in [0.05, 0.1) is 11.1 Å². The fourth-order valence-corrected chi connectivity index (χ4v) is 3.78. The molecule has 26 heavy (non-hydrogen) atoms. The van der Waals surface area contributed by atoms with Crippen LogP contribution in [0.2, 0.25) is 0 Å². The van der Waals surface area contributed by atoms with Gasteiger partial charge in [-0.1, -0.05) is 40.6 Å². The number of piperidine rings is 1. The third-order valence-electron chi connectivity index (χ3n) is 5.31. The van der Waals surface area contributed by atoms with Crippen LogP contribution < -0.4 is 0 Å². The van der Waals surface area contributed by atoms with E-state index in [1.165, 1.54) is 5.56 Å². The molecule has 1 aromatic carbocycles. The van der Waals surface area contributed by atoms with Gasteiger partial charge in [0.2, 0.25) is 11.7 Å². The van der Waals surface area contributed by atoms with Crippen LogP contribution in [0.3, 0.4) is 0 Å². The van der Waals surface area contributed by atoms with Crippen LogP contribution >= 0.6 is 0 Å². The van der Waals surface area contributed by atoms with Gasteiger partial charge in [0.25, 0.3) is 0 Å². The first-order valence-electron chi connectivity index (χ1n) is 9.09. The first kappa shape index (κ1) is 17.0. The van der Waals surface area contributed by atoms with E-state index in [-0.39, 0.29) is 5.41 Å². The van der Waals surface area contributed by atoms with Gasteiger partial charge in [-0.3, -0.25) is 4.90 Å². The number of aryl methyl sites for hydroxylation is 2. The molecule has 1 aliphatic rings. The Morgan fingerprint density at radius 2 is 1.92 bits per heavy atom. The van der Waals surface area contributed by atoms with E-state index < -0.39 is 0 Å². The predicted molar refractivity (Wildman–Crippen MR) is 97.6 cm³/mol. The highest BCUT2D eigenvalue weighted by atomic mass is 16.5. The summed E-state index contributed by atoms with van der Waals surface area (Å²) in [5.41, 5.74) is 3.00. The normalized spacial score (nSPS) is 21.2. The Balaban J connectivity index is 1.54. The SMILES string of the molecule is Cc1noc(C)c1CN1CCCC(C)(c2nc(-c3ccccc3)no2)C1. The molecule has 3 aromatic rings. The molecule has 1 aliphatic heterocycles. The van der Waals surface area contributed by atoms with Crippen molar-refractivity contribution in [3.8, 4) is 11.4 Å². The molecular formula is C20H24N4O2. The molecule has 1 saturated heterocycles. The Hall–Kier alpha value is -2.47. The molecule has 6 heteroatoms. The zero-order chi connectivity index (χ0) is 18.1. The van der Waals surface area contributed by atoms with Crippen LogP contribution in [0.25, 0.3) is 11.4 Å². The highest BCUT2D eigenvalue weighted by Crippen LogP contribution is 2.34. The number of benzene rings is 1. The smallest absolute Gasteiger partial charge is 0.234 e. The Kier molecular flexibility index (Phi) is 4.36. The van der Waals surface area contributed by atoms with E-state index in [1.54, 1.807) is 0 Å². The maximum absolute atomic E-state index is 5.67. The molecule has 0 saturated carbocycles. The van der Waals surface area contributed by atoms with Crippen LogP contribution in [0.1, 0.15) is 42.7 Å². The van der Waals surface area contributed by atoms with Crippen molar-refractivity contribution in [2.45, 2.75) is 45.6 Å². The minimum atomic E-state index is -0.142. The number of aromatic nitrogens is 3. The minimum absolute atomic E-state index is 0.142. The predicted octanol–water partition coefficient (Wildman–Crippen LogP) is 3.90. The zero-order valence-electron chi connectivity index (χ0n) is 15.5. The minimum Gasteiger partial charge on any atom is -0.361 e. The molecule has 1 atom stereocenters. The van der Waals surface area contributed by atoms with Crippen LogP contribution in [0, 0.1) is 13.8 Å². The van der Waals surface area contributed by atoms with Crippen LogP contribution in [0.5, 0.6) is 0 Å². The monoisotopic (exact) mass is 352 g/mol. The first-order chi connectivity index (χ1) is 12.5. The number of nitrogens with zero attached hydrogens (tertiary/aromatic N) is 4. The van der Waals surface area contributed by atoms with E-state index in [0.29, 0.717) is 5.82 Å². The van der Waals surface area contributed by atoms with E-state index in [2.05, 4.69) is 22.1 Å². The zero-order valence-corrected chi connectivity index (χ0v) is 15.5. The number of hydrogen-bond acceptors (Lipinski definition) is 6. The lowest BCUT2D eigenvalue weighted by Crippen LogP contribution is -2.44. The van der Waals surface area contributed by atoms with Crippen molar-refractivity contribution in [1.29, 1.82) is 0 Å². The van der Waals surface area contributed by atoms with Crippen molar-refractivity contribution in [2.24, 2.45) is 0 Å². The summed E-state index contributed by atoms with van der Waals surface area (Å²) in [6.45, 7) is 8.97. The van der Waals surface area contributed by atoms with Crippen LogP contribution in [-0.2, 0) is 12.0 Å². The Bertz CT molecular complexity index is 867. The van der Waals surface area contributed by atoms with E-state index in [0.717, 1.165) is 55.4 Å². The summed E-state index contributed by atoms with van der Waals surface area (Å²) in [6, 6.07) is 9.96. The van der Waals surface area contributed by atoms with Gasteiger partial charge in [-0.2, -0.15) is 4.98 Å². The molecule has 6 nitrogen and oxygen atoms in total. The lowest BCUT2D eigenvalue weighted by Gasteiger charge is -2.38. The molecule has 0 N–H and O–H groups in total. The fraction of sp³-hybridized carbons (Fsp3) is 0.450. The van der Waals surface area contributed by atoms with E-state index in [1.807, 2.05) is 44.2 Å². The second-order valence-corrected chi connectivity index (χ2v) is 7.47. The molecule has 2 aromatic heterocycles. The van der Waals surface area contributed by atoms with Crippen LogP contribution in [-0.4, -0.2) is 33.3 Å². The van der Waals surface area contributed by atoms with Crippen LogP contribution in [0.15, 0.2) is 39.4 Å². The Labute approximate surface area is 153 Å². The molecular weight excluding hydrogens is 328 g/mol. The molecule has 0 aliphatic carbocycles. The summed E-state index contributed by atoms with van der Waals surface area (Å²) >= 11 is 0. The second-order valence-electron chi connectivity index (χ2n) is 7.47. The van der Waals surface area contributed by atoms with E-state index in [4.69, 9.17) is 14.0 Å². The van der Waals surface area contributed by atoms with Crippen molar-refractivity contribution in [1.82, 2.24) is 20.2 Å². The van der Waals surface area contributed by atoms with Gasteiger partial charge in [-0.25, -0.2) is 0 Å². The van der Waals surface area contributed by atoms with Crippen molar-refractivity contribution < 1.29 is 9.05 Å². The third kappa shape index (κ3) is 3.17. The maximum atomic E-state index is 5.67. The van der Waals surface area contributed by atoms with Gasteiger partial charge in [-0.05, 0) is 40.2 Å². The molecule has 0 amide bonds. The molecule has 0 radical (unpaired) electrons. The van der Waals surface area contributed by atoms with Gasteiger partial charge in [-0.15, -0.1) is 0 Å². The number of rotatable bonds is 4. The third-order valence-corrected chi connectivity index (χ3v) is 5.31. The molecule has 1 unspecified atom stereocenters. The summed E-state index contributed by atoms with van der Waals surface area (Å²) in [4.78, 5) is 7.14. The van der Waals surface area contributed by atoms with Gasteiger partial charge < -0.3 is 9.05 Å².